The molecule has 3 aromatic heterocycles. The van der Waals surface area contributed by atoms with E-state index < -0.39 is 0 Å². The highest BCUT2D eigenvalue weighted by Crippen LogP contribution is 2.40. The zero-order valence-electron chi connectivity index (χ0n) is 19.4. The fourth-order valence-electron chi connectivity index (χ4n) is 4.67. The lowest BCUT2D eigenvalue weighted by molar-refractivity contribution is -0.125. The number of aryl methyl sites for hydroxylation is 1. The zero-order valence-corrected chi connectivity index (χ0v) is 20.2. The van der Waals surface area contributed by atoms with Crippen LogP contribution >= 0.6 is 11.3 Å². The van der Waals surface area contributed by atoms with Crippen molar-refractivity contribution >= 4 is 49.9 Å². The van der Waals surface area contributed by atoms with Crippen LogP contribution in [0.25, 0.3) is 21.1 Å². The average molecular weight is 487 g/mol. The van der Waals surface area contributed by atoms with Gasteiger partial charge in [0, 0.05) is 66.8 Å². The highest BCUT2D eigenvalue weighted by Gasteiger charge is 2.29. The number of anilines is 2. The number of fused-ring (bicyclic) bond motifs is 4. The molecule has 0 spiro atoms. The summed E-state index contributed by atoms with van der Waals surface area (Å²) in [6, 6.07) is 6.08. The van der Waals surface area contributed by atoms with Gasteiger partial charge in [0.2, 0.25) is 5.91 Å². The van der Waals surface area contributed by atoms with Crippen molar-refractivity contribution in [2.24, 2.45) is 5.92 Å². The van der Waals surface area contributed by atoms with Crippen LogP contribution in [-0.2, 0) is 17.6 Å². The van der Waals surface area contributed by atoms with Gasteiger partial charge in [0.1, 0.15) is 17.0 Å². The van der Waals surface area contributed by atoms with E-state index in [1.54, 1.807) is 17.7 Å². The number of hydrogen-bond donors (Lipinski definition) is 3. The molecular weight excluding hydrogens is 460 g/mol. The molecule has 10 heteroatoms. The lowest BCUT2D eigenvalue weighted by Gasteiger charge is -2.24. The van der Waals surface area contributed by atoms with Gasteiger partial charge in [-0.15, -0.1) is 11.3 Å². The number of benzene rings is 1. The number of nitrogens with zero attached hydrogens (tertiary/aromatic N) is 5. The van der Waals surface area contributed by atoms with Crippen LogP contribution < -0.4 is 10.6 Å². The molecule has 35 heavy (non-hydrogen) atoms. The van der Waals surface area contributed by atoms with E-state index in [-0.39, 0.29) is 11.8 Å². The Balaban J connectivity index is 1.15. The third kappa shape index (κ3) is 4.32. The molecule has 1 aliphatic carbocycles. The fourth-order valence-corrected chi connectivity index (χ4v) is 5.94. The fraction of sp³-hybridized carbons (Fsp3) is 0.280. The minimum absolute atomic E-state index is 0.0120. The molecule has 0 radical (unpaired) electrons. The Morgan fingerprint density at radius 1 is 1.23 bits per heavy atom. The summed E-state index contributed by atoms with van der Waals surface area (Å²) in [7, 11) is 1.99. The summed E-state index contributed by atoms with van der Waals surface area (Å²) >= 11 is 1.68. The molecule has 1 unspecified atom stereocenters. The van der Waals surface area contributed by atoms with Crippen molar-refractivity contribution in [3.63, 3.8) is 0 Å². The van der Waals surface area contributed by atoms with Crippen LogP contribution in [0.1, 0.15) is 16.9 Å². The van der Waals surface area contributed by atoms with Crippen LogP contribution in [0.5, 0.6) is 0 Å². The summed E-state index contributed by atoms with van der Waals surface area (Å²) in [4.78, 5) is 28.3. The summed E-state index contributed by atoms with van der Waals surface area (Å²) in [6.45, 7) is 1.37. The monoisotopic (exact) mass is 486 g/mol. The Bertz CT molecular complexity index is 1440. The SMILES string of the molecule is CN1C=CN(CCNC(=O)C2CCc3c(sc4ncnc(Nc5ccc6[nH]ncc6c5)c34)C2)C=C1. The molecule has 4 aromatic rings. The second kappa shape index (κ2) is 9.03. The van der Waals surface area contributed by atoms with Crippen molar-refractivity contribution in [2.75, 3.05) is 25.5 Å². The first-order chi connectivity index (χ1) is 17.1. The van der Waals surface area contributed by atoms with E-state index in [1.165, 1.54) is 10.4 Å². The van der Waals surface area contributed by atoms with Crippen LogP contribution in [0.15, 0.2) is 55.5 Å². The van der Waals surface area contributed by atoms with Crippen molar-refractivity contribution in [1.29, 1.82) is 0 Å². The number of rotatable bonds is 6. The number of carbonyl (C=O) groups excluding carboxylic acids is 1. The number of hydrogen-bond acceptors (Lipinski definition) is 8. The molecule has 0 saturated heterocycles. The normalized spacial score (nSPS) is 17.2. The number of amides is 1. The van der Waals surface area contributed by atoms with Crippen LogP contribution in [-0.4, -0.2) is 56.0 Å². The van der Waals surface area contributed by atoms with Gasteiger partial charge in [0.25, 0.3) is 0 Å². The van der Waals surface area contributed by atoms with Crippen molar-refractivity contribution in [3.8, 4) is 0 Å². The summed E-state index contributed by atoms with van der Waals surface area (Å²) in [5.74, 6) is 0.932. The van der Waals surface area contributed by atoms with E-state index in [1.807, 2.05) is 55.1 Å². The number of aromatic nitrogens is 4. The van der Waals surface area contributed by atoms with Crippen molar-refractivity contribution < 1.29 is 4.79 Å². The van der Waals surface area contributed by atoms with Gasteiger partial charge in [0.15, 0.2) is 0 Å². The number of carbonyl (C=O) groups is 1. The van der Waals surface area contributed by atoms with Gasteiger partial charge < -0.3 is 20.4 Å². The zero-order chi connectivity index (χ0) is 23.8. The quantitative estimate of drug-likeness (QED) is 0.382. The number of nitrogens with one attached hydrogen (secondary N) is 3. The minimum atomic E-state index is -0.0120. The third-order valence-electron chi connectivity index (χ3n) is 6.57. The first-order valence-corrected chi connectivity index (χ1v) is 12.5. The molecule has 1 aliphatic heterocycles. The van der Waals surface area contributed by atoms with Crippen molar-refractivity contribution in [1.82, 2.24) is 35.3 Å². The maximum atomic E-state index is 12.9. The predicted octanol–water partition coefficient (Wildman–Crippen LogP) is 3.72. The van der Waals surface area contributed by atoms with E-state index >= 15 is 0 Å². The third-order valence-corrected chi connectivity index (χ3v) is 7.74. The molecule has 0 saturated carbocycles. The predicted molar refractivity (Wildman–Crippen MR) is 138 cm³/mol. The molecule has 1 aromatic carbocycles. The number of aromatic amines is 1. The van der Waals surface area contributed by atoms with Crippen molar-refractivity contribution in [2.45, 2.75) is 19.3 Å². The summed E-state index contributed by atoms with van der Waals surface area (Å²) in [6.07, 6.45) is 13.8. The van der Waals surface area contributed by atoms with Gasteiger partial charge in [-0.05, 0) is 43.0 Å². The second-order valence-corrected chi connectivity index (χ2v) is 10.0. The molecule has 1 atom stereocenters. The number of H-pyrrole nitrogens is 1. The van der Waals surface area contributed by atoms with Gasteiger partial charge >= 0.3 is 0 Å². The smallest absolute Gasteiger partial charge is 0.223 e. The average Bonchev–Trinajstić information content (AvgIpc) is 3.49. The van der Waals surface area contributed by atoms with Gasteiger partial charge in [-0.25, -0.2) is 9.97 Å². The van der Waals surface area contributed by atoms with E-state index in [4.69, 9.17) is 0 Å². The maximum Gasteiger partial charge on any atom is 0.223 e. The largest absolute Gasteiger partial charge is 0.354 e. The van der Waals surface area contributed by atoms with Crippen LogP contribution in [0.3, 0.4) is 0 Å². The molecule has 2 aliphatic rings. The summed E-state index contributed by atoms with van der Waals surface area (Å²) in [5.41, 5.74) is 3.23. The highest BCUT2D eigenvalue weighted by molar-refractivity contribution is 7.19. The standard InChI is InChI=1S/C25H26N8OS/c1-32-8-10-33(11-9-32)7-6-26-24(34)16-2-4-19-21(13-16)35-25-22(19)23(27-15-28-25)30-18-3-5-20-17(12-18)14-29-31-20/h3,5,8-12,14-16H,2,4,6-7,13H2,1H3,(H,26,34)(H,29,31)(H,27,28,30). The van der Waals surface area contributed by atoms with Crippen LogP contribution in [0.4, 0.5) is 11.5 Å². The molecule has 1 amide bonds. The first-order valence-electron chi connectivity index (χ1n) is 11.7. The van der Waals surface area contributed by atoms with Gasteiger partial charge in [0.05, 0.1) is 17.1 Å². The Hall–Kier alpha value is -3.92. The second-order valence-electron chi connectivity index (χ2n) is 8.93. The maximum absolute atomic E-state index is 12.9. The summed E-state index contributed by atoms with van der Waals surface area (Å²) < 4.78 is 0. The minimum Gasteiger partial charge on any atom is -0.354 e. The van der Waals surface area contributed by atoms with Gasteiger partial charge in [-0.3, -0.25) is 9.89 Å². The highest BCUT2D eigenvalue weighted by atomic mass is 32.1. The molecule has 0 bridgehead atoms. The Morgan fingerprint density at radius 2 is 2.11 bits per heavy atom. The number of thiophene rings is 1. The molecule has 0 fully saturated rings. The van der Waals surface area contributed by atoms with Gasteiger partial charge in [-0.1, -0.05) is 0 Å². The Morgan fingerprint density at radius 3 is 3.00 bits per heavy atom. The lowest BCUT2D eigenvalue weighted by atomic mass is 9.87. The Kier molecular flexibility index (Phi) is 5.57. The lowest BCUT2D eigenvalue weighted by Crippen LogP contribution is -2.37. The van der Waals surface area contributed by atoms with Gasteiger partial charge in [-0.2, -0.15) is 5.10 Å². The Labute approximate surface area is 206 Å². The topological polar surface area (TPSA) is 102 Å². The van der Waals surface area contributed by atoms with E-state index in [0.717, 1.165) is 58.4 Å². The van der Waals surface area contributed by atoms with Crippen LogP contribution in [0, 0.1) is 5.92 Å². The molecule has 6 rings (SSSR count). The molecular formula is C25H26N8OS. The molecule has 4 heterocycles. The van der Waals surface area contributed by atoms with E-state index in [9.17, 15) is 4.79 Å². The molecule has 3 N–H and O–H groups in total. The molecule has 178 valence electrons. The van der Waals surface area contributed by atoms with Crippen molar-refractivity contribution in [3.05, 3.63) is 66.0 Å². The van der Waals surface area contributed by atoms with Crippen LogP contribution in [0.2, 0.25) is 0 Å². The summed E-state index contributed by atoms with van der Waals surface area (Å²) in [5, 5.41) is 15.8. The first kappa shape index (κ1) is 21.6. The van der Waals surface area contributed by atoms with E-state index in [2.05, 4.69) is 41.8 Å². The van der Waals surface area contributed by atoms with E-state index in [0.29, 0.717) is 6.54 Å². The molecule has 9 nitrogen and oxygen atoms in total.